The summed E-state index contributed by atoms with van der Waals surface area (Å²) in [5, 5.41) is 58.8. The first-order valence-electron chi connectivity index (χ1n) is 26.1. The number of halogens is 1. The molecule has 4 aliphatic heterocycles. The van der Waals surface area contributed by atoms with Crippen molar-refractivity contribution in [2.24, 2.45) is 11.8 Å². The van der Waals surface area contributed by atoms with Crippen molar-refractivity contribution in [2.75, 3.05) is 65.1 Å². The number of carbonyl (C=O) groups excluding carboxylic acids is 4. The van der Waals surface area contributed by atoms with Gasteiger partial charge in [-0.1, -0.05) is 5.92 Å². The number of hydrogen-bond donors (Lipinski definition) is 8. The molecule has 4 aromatic heterocycles. The highest BCUT2D eigenvalue weighted by atomic mass is 127. The molecule has 10 rings (SSSR count). The zero-order valence-electron chi connectivity index (χ0n) is 44.9. The maximum Gasteiger partial charge on any atom is 0.415 e. The average Bonchev–Trinajstić information content (AvgIpc) is 3.28. The van der Waals surface area contributed by atoms with E-state index in [4.69, 9.17) is 41.9 Å². The van der Waals surface area contributed by atoms with E-state index < -0.39 is 80.3 Å². The molecule has 0 aliphatic carbocycles. The minimum absolute atomic E-state index is 0.108. The summed E-state index contributed by atoms with van der Waals surface area (Å²) in [5.41, 5.74) is 14.0. The van der Waals surface area contributed by atoms with Gasteiger partial charge in [-0.15, -0.1) is 12.3 Å². The Morgan fingerprint density at radius 2 is 1.06 bits per heavy atom. The van der Waals surface area contributed by atoms with Gasteiger partial charge < -0.3 is 80.3 Å². The van der Waals surface area contributed by atoms with Crippen LogP contribution in [-0.2, 0) is 18.9 Å². The third-order valence-electron chi connectivity index (χ3n) is 14.2. The number of aromatic nitrogens is 8. The Morgan fingerprint density at radius 1 is 0.639 bits per heavy atom. The minimum Gasteiger partial charge on any atom is -0.465 e. The number of nitrogens with two attached hydrogens (primary N) is 2. The van der Waals surface area contributed by atoms with Gasteiger partial charge in [0.2, 0.25) is 5.82 Å². The van der Waals surface area contributed by atoms with Gasteiger partial charge in [-0.05, 0) is 92.0 Å². The summed E-state index contributed by atoms with van der Waals surface area (Å²) in [6.07, 6.45) is 3.23. The molecule has 2 amide bonds. The van der Waals surface area contributed by atoms with Crippen LogP contribution in [0.5, 0.6) is 11.5 Å². The Kier molecular flexibility index (Phi) is 20.6. The predicted octanol–water partition coefficient (Wildman–Crippen LogP) is 1.79. The number of aliphatic hydroxyl groups excluding tert-OH is 6. The van der Waals surface area contributed by atoms with Crippen molar-refractivity contribution in [3.05, 3.63) is 82.0 Å². The number of aliphatic hydroxyl groups is 6. The fraction of sp³-hybridized carbons (Fsp3) is 0.444. The molecule has 4 fully saturated rings. The van der Waals surface area contributed by atoms with Crippen LogP contribution in [0.3, 0.4) is 0 Å². The standard InChI is InChI=1S/C27H30N6O8.C17H19NO4.C10H12IN5O4/c1-39-26(37)16-5-7-17(8-6-16)40-27(38)32-11-9-15(10-12-32)3-2-4-19-30-23(28)20-24(31-19)33(14-29-20)25-22(36)21(35)18(13-34)41-25;1-3-4-13-9-11-18(12-10-13)17(20)22-15-7-5-14(6-8-15)16(19)21-2;11-10-14-7(12)4-8(15-10)16(2-13-4)9-6(19)5(18)3(1-17)20-9/h5-8,14-15,18,21-22,25,34-36H,3,9-13H2,1H3,(H2,28,30,31);1,5-8,13H,4,9-12H2,2H3;2-3,5-6,9,17-19H,1H2,(H2,12,14,15)/t18-,21+,22?,25-;;3-,5+,6?,9-/m1.1/s1. The molecule has 10 N–H and O–H groups in total. The summed E-state index contributed by atoms with van der Waals surface area (Å²) in [6.45, 7) is 1.50. The molecule has 8 atom stereocenters. The van der Waals surface area contributed by atoms with Crippen LogP contribution in [0.4, 0.5) is 21.2 Å². The van der Waals surface area contributed by atoms with Crippen LogP contribution in [-0.4, -0.2) is 194 Å². The van der Waals surface area contributed by atoms with E-state index in [2.05, 4.69) is 57.1 Å². The molecule has 0 spiro atoms. The van der Waals surface area contributed by atoms with E-state index >= 15 is 0 Å². The van der Waals surface area contributed by atoms with Crippen molar-refractivity contribution in [1.29, 1.82) is 0 Å². The van der Waals surface area contributed by atoms with E-state index in [-0.39, 0.29) is 35.1 Å². The number of amides is 2. The van der Waals surface area contributed by atoms with Gasteiger partial charge in [0.25, 0.3) is 0 Å². The normalized spacial score (nSPS) is 22.5. The van der Waals surface area contributed by atoms with E-state index in [1.54, 1.807) is 46.2 Å². The molecule has 6 aromatic rings. The van der Waals surface area contributed by atoms with Crippen LogP contribution in [0.25, 0.3) is 22.3 Å². The van der Waals surface area contributed by atoms with Gasteiger partial charge in [0.15, 0.2) is 39.2 Å². The van der Waals surface area contributed by atoms with Crippen molar-refractivity contribution in [1.82, 2.24) is 48.8 Å². The molecule has 2 aromatic carbocycles. The zero-order valence-corrected chi connectivity index (χ0v) is 47.0. The Labute approximate surface area is 487 Å². The molecular weight excluding hydrogens is 1200 g/mol. The maximum atomic E-state index is 12.6. The topological polar surface area (TPSA) is 391 Å². The quantitative estimate of drug-likeness (QED) is 0.0419. The Bertz CT molecular complexity index is 3350. The molecule has 0 saturated carbocycles. The number of methoxy groups -OCH3 is 2. The van der Waals surface area contributed by atoms with Crippen molar-refractivity contribution in [3.63, 3.8) is 0 Å². The first-order chi connectivity index (χ1) is 39.9. The molecule has 2 unspecified atom stereocenters. The number of nitrogen functional groups attached to an aromatic ring is 2. The number of rotatable bonds is 10. The summed E-state index contributed by atoms with van der Waals surface area (Å²) in [4.78, 5) is 76.0. The third-order valence-corrected chi connectivity index (χ3v) is 14.6. The summed E-state index contributed by atoms with van der Waals surface area (Å²) in [5.74, 6) is 9.81. The fourth-order valence-corrected chi connectivity index (χ4v) is 9.95. The Balaban J connectivity index is 0.000000180. The lowest BCUT2D eigenvalue weighted by molar-refractivity contribution is -0.0511. The lowest BCUT2D eigenvalue weighted by Crippen LogP contribution is -2.40. The number of carbonyl (C=O) groups is 4. The molecule has 4 aliphatic rings. The number of imidazole rings is 2. The molecule has 28 nitrogen and oxygen atoms in total. The number of benzene rings is 2. The highest BCUT2D eigenvalue weighted by molar-refractivity contribution is 14.1. The lowest BCUT2D eigenvalue weighted by atomic mass is 9.94. The number of piperidine rings is 2. The van der Waals surface area contributed by atoms with E-state index in [1.165, 1.54) is 48.1 Å². The zero-order chi connectivity index (χ0) is 59.5. The summed E-state index contributed by atoms with van der Waals surface area (Å²) in [7, 11) is 2.62. The second-order valence-corrected chi connectivity index (χ2v) is 20.4. The van der Waals surface area contributed by atoms with E-state index in [0.29, 0.717) is 81.7 Å². The van der Waals surface area contributed by atoms with Crippen molar-refractivity contribution in [3.8, 4) is 35.7 Å². The lowest BCUT2D eigenvalue weighted by Gasteiger charge is -2.30. The molecule has 0 radical (unpaired) electrons. The number of nitrogens with zero attached hydrogens (tertiary/aromatic N) is 10. The smallest absolute Gasteiger partial charge is 0.415 e. The van der Waals surface area contributed by atoms with Crippen molar-refractivity contribution >= 4 is 80.7 Å². The molecule has 83 heavy (non-hydrogen) atoms. The SMILES string of the molecule is C#CCC1CCN(C(=O)Oc2ccc(C(=O)OC)cc2)CC1.COC(=O)c1ccc(OC(=O)N2CCC(CC#Cc3nc(N)c4ncn([C@@H]5O[C@H](CO)[C@H](O)C5O)c4n3)CC2)cc1.Nc1nc(I)nc2c1ncn2[C@@H]1O[C@H](CO)[C@H](O)C1O. The number of fused-ring (bicyclic) bond motifs is 2. The first kappa shape index (κ1) is 61.2. The summed E-state index contributed by atoms with van der Waals surface area (Å²) in [6, 6.07) is 12.4. The number of ether oxygens (including phenoxy) is 6. The highest BCUT2D eigenvalue weighted by Crippen LogP contribution is 2.34. The largest absolute Gasteiger partial charge is 0.465 e. The second-order valence-electron chi connectivity index (χ2n) is 19.5. The van der Waals surface area contributed by atoms with Gasteiger partial charge in [-0.25, -0.2) is 49.1 Å². The van der Waals surface area contributed by atoms with Crippen molar-refractivity contribution < 1.29 is 78.2 Å². The number of anilines is 2. The van der Waals surface area contributed by atoms with E-state index in [9.17, 15) is 44.7 Å². The Hall–Kier alpha value is -7.85. The maximum absolute atomic E-state index is 12.6. The molecule has 4 saturated heterocycles. The number of terminal acetylenes is 1. The average molecular weight is 1260 g/mol. The van der Waals surface area contributed by atoms with Crippen LogP contribution in [0.2, 0.25) is 0 Å². The van der Waals surface area contributed by atoms with Gasteiger partial charge in [0, 0.05) is 61.6 Å². The van der Waals surface area contributed by atoms with E-state index in [1.807, 2.05) is 22.6 Å². The number of hydrogen-bond acceptors (Lipinski definition) is 24. The summed E-state index contributed by atoms with van der Waals surface area (Å²) < 4.78 is 34.4. The van der Waals surface area contributed by atoms with Crippen molar-refractivity contribution in [2.45, 2.75) is 87.6 Å². The van der Waals surface area contributed by atoms with Crippen LogP contribution >= 0.6 is 22.6 Å². The van der Waals surface area contributed by atoms with Gasteiger partial charge in [-0.2, -0.15) is 0 Å². The molecule has 440 valence electrons. The number of esters is 2. The summed E-state index contributed by atoms with van der Waals surface area (Å²) >= 11 is 1.92. The molecular formula is C54H61IN12O16. The van der Waals surface area contributed by atoms with Gasteiger partial charge >= 0.3 is 24.1 Å². The monoisotopic (exact) mass is 1260 g/mol. The van der Waals surface area contributed by atoms with Gasteiger partial charge in [-0.3, -0.25) is 9.13 Å². The third kappa shape index (κ3) is 14.5. The molecule has 0 bridgehead atoms. The number of likely N-dealkylation sites (tertiary alicyclic amines) is 2. The molecule has 8 heterocycles. The Morgan fingerprint density at radius 3 is 1.47 bits per heavy atom. The molecule has 29 heteroatoms. The van der Waals surface area contributed by atoms with Crippen LogP contribution in [0.1, 0.15) is 77.5 Å². The van der Waals surface area contributed by atoms with Gasteiger partial charge in [0.1, 0.15) is 59.2 Å². The fourth-order valence-electron chi connectivity index (χ4n) is 9.46. The van der Waals surface area contributed by atoms with Crippen LogP contribution in [0.15, 0.2) is 61.2 Å². The second kappa shape index (κ2) is 27.9. The van der Waals surface area contributed by atoms with E-state index in [0.717, 1.165) is 32.1 Å². The van der Waals surface area contributed by atoms with Gasteiger partial charge in [0.05, 0.1) is 51.2 Å². The van der Waals surface area contributed by atoms with Crippen LogP contribution < -0.4 is 20.9 Å². The highest BCUT2D eigenvalue weighted by Gasteiger charge is 2.45. The predicted molar refractivity (Wildman–Crippen MR) is 299 cm³/mol. The van der Waals surface area contributed by atoms with Crippen LogP contribution in [0, 0.1) is 39.9 Å². The minimum atomic E-state index is -1.30. The first-order valence-corrected chi connectivity index (χ1v) is 27.2.